The normalized spacial score (nSPS) is 19.8. The molecule has 2 amide bonds. The van der Waals surface area contributed by atoms with Crippen LogP contribution >= 0.6 is 24.0 Å². The van der Waals surface area contributed by atoms with Gasteiger partial charge in [0, 0.05) is 18.7 Å². The molecule has 0 unspecified atom stereocenters. The molecule has 0 aromatic heterocycles. The van der Waals surface area contributed by atoms with Crippen LogP contribution in [-0.4, -0.2) is 34.1 Å². The summed E-state index contributed by atoms with van der Waals surface area (Å²) in [6.07, 6.45) is 4.74. The fourth-order valence-corrected chi connectivity index (χ4v) is 4.45. The first-order chi connectivity index (χ1) is 12.1. The zero-order valence-electron chi connectivity index (χ0n) is 14.2. The van der Waals surface area contributed by atoms with E-state index < -0.39 is 0 Å². The van der Waals surface area contributed by atoms with E-state index in [9.17, 15) is 9.59 Å². The zero-order valence-corrected chi connectivity index (χ0v) is 15.8. The second-order valence-corrected chi connectivity index (χ2v) is 7.60. The van der Waals surface area contributed by atoms with E-state index in [1.54, 1.807) is 15.9 Å². The molecule has 2 aliphatic rings. The number of hydrogen-bond acceptors (Lipinski definition) is 4. The van der Waals surface area contributed by atoms with Gasteiger partial charge in [-0.25, -0.2) is 0 Å². The Hall–Kier alpha value is -1.92. The third-order valence-electron chi connectivity index (χ3n) is 4.30. The lowest BCUT2D eigenvalue weighted by atomic mass is 10.1. The van der Waals surface area contributed by atoms with Gasteiger partial charge in [0.15, 0.2) is 0 Å². The molecule has 0 N–H and O–H groups in total. The van der Waals surface area contributed by atoms with Crippen molar-refractivity contribution in [3.05, 3.63) is 47.4 Å². The molecule has 1 saturated heterocycles. The maximum Gasteiger partial charge on any atom is 0.267 e. The summed E-state index contributed by atoms with van der Waals surface area (Å²) in [5.41, 5.74) is 2.08. The second kappa shape index (κ2) is 7.54. The number of anilines is 1. The van der Waals surface area contributed by atoms with Gasteiger partial charge in [-0.05, 0) is 12.5 Å². The number of rotatable bonds is 6. The summed E-state index contributed by atoms with van der Waals surface area (Å²) in [5, 5.41) is 0. The predicted molar refractivity (Wildman–Crippen MR) is 107 cm³/mol. The van der Waals surface area contributed by atoms with Gasteiger partial charge >= 0.3 is 0 Å². The van der Waals surface area contributed by atoms with Crippen molar-refractivity contribution in [3.63, 3.8) is 0 Å². The van der Waals surface area contributed by atoms with E-state index in [0.717, 1.165) is 30.5 Å². The highest BCUT2D eigenvalue weighted by Gasteiger charge is 2.41. The average Bonchev–Trinajstić information content (AvgIpc) is 3.03. The number of benzene rings is 1. The smallest absolute Gasteiger partial charge is 0.267 e. The number of fused-ring (bicyclic) bond motifs is 1. The van der Waals surface area contributed by atoms with Crippen LogP contribution in [0.25, 0.3) is 5.57 Å². The maximum absolute atomic E-state index is 13.0. The first-order valence-corrected chi connectivity index (χ1v) is 9.62. The Balaban J connectivity index is 2.00. The molecule has 3 rings (SSSR count). The lowest BCUT2D eigenvalue weighted by molar-refractivity contribution is -0.122. The molecule has 2 aliphatic heterocycles. The van der Waals surface area contributed by atoms with Crippen molar-refractivity contribution >= 4 is 51.4 Å². The van der Waals surface area contributed by atoms with E-state index >= 15 is 0 Å². The number of para-hydroxylation sites is 1. The van der Waals surface area contributed by atoms with Crippen LogP contribution in [0.15, 0.2) is 41.8 Å². The van der Waals surface area contributed by atoms with E-state index in [2.05, 4.69) is 13.5 Å². The number of unbranched alkanes of at least 4 members (excludes halogenated alkanes) is 2. The van der Waals surface area contributed by atoms with E-state index in [1.165, 1.54) is 11.8 Å². The molecule has 4 nitrogen and oxygen atoms in total. The van der Waals surface area contributed by atoms with Crippen LogP contribution in [0.4, 0.5) is 5.69 Å². The van der Waals surface area contributed by atoms with Crippen LogP contribution in [0.1, 0.15) is 31.7 Å². The number of amides is 2. The van der Waals surface area contributed by atoms with Crippen molar-refractivity contribution in [3.8, 4) is 0 Å². The molecule has 0 radical (unpaired) electrons. The lowest BCUT2D eigenvalue weighted by Gasteiger charge is -2.14. The van der Waals surface area contributed by atoms with Crippen LogP contribution in [0.3, 0.4) is 0 Å². The molecular formula is C19H20N2O2S2. The van der Waals surface area contributed by atoms with Crippen molar-refractivity contribution in [2.45, 2.75) is 26.2 Å². The first kappa shape index (κ1) is 17.9. The van der Waals surface area contributed by atoms with Gasteiger partial charge in [-0.1, -0.05) is 68.0 Å². The number of carbonyl (C=O) groups excluding carboxylic acids is 2. The molecule has 0 atom stereocenters. The summed E-state index contributed by atoms with van der Waals surface area (Å²) in [5.74, 6) is -0.306. The monoisotopic (exact) mass is 372 g/mol. The second-order valence-electron chi connectivity index (χ2n) is 5.96. The maximum atomic E-state index is 13.0. The zero-order chi connectivity index (χ0) is 18.0. The van der Waals surface area contributed by atoms with Crippen molar-refractivity contribution in [1.29, 1.82) is 0 Å². The van der Waals surface area contributed by atoms with Crippen molar-refractivity contribution < 1.29 is 9.59 Å². The Morgan fingerprint density at radius 3 is 2.64 bits per heavy atom. The van der Waals surface area contributed by atoms with Gasteiger partial charge in [-0.3, -0.25) is 14.5 Å². The van der Waals surface area contributed by atoms with Crippen LogP contribution in [0.2, 0.25) is 0 Å². The molecule has 2 heterocycles. The Bertz CT molecular complexity index is 785. The molecule has 6 heteroatoms. The van der Waals surface area contributed by atoms with Crippen molar-refractivity contribution in [1.82, 2.24) is 4.90 Å². The highest BCUT2D eigenvalue weighted by molar-refractivity contribution is 8.26. The van der Waals surface area contributed by atoms with E-state index in [1.807, 2.05) is 24.3 Å². The lowest BCUT2D eigenvalue weighted by Crippen LogP contribution is -2.30. The molecule has 25 heavy (non-hydrogen) atoms. The van der Waals surface area contributed by atoms with Crippen molar-refractivity contribution in [2.75, 3.05) is 18.0 Å². The summed E-state index contributed by atoms with van der Waals surface area (Å²) in [7, 11) is 0. The summed E-state index contributed by atoms with van der Waals surface area (Å²) in [6.45, 7) is 6.87. The number of thiocarbonyl (C=S) groups is 1. The molecular weight excluding hydrogens is 352 g/mol. The minimum absolute atomic E-state index is 0.148. The van der Waals surface area contributed by atoms with Gasteiger partial charge in [0.05, 0.1) is 16.2 Å². The van der Waals surface area contributed by atoms with Crippen LogP contribution in [-0.2, 0) is 9.59 Å². The van der Waals surface area contributed by atoms with E-state index in [-0.39, 0.29) is 11.8 Å². The largest absolute Gasteiger partial charge is 0.304 e. The third-order valence-corrected chi connectivity index (χ3v) is 5.74. The van der Waals surface area contributed by atoms with Gasteiger partial charge in [0.2, 0.25) is 0 Å². The van der Waals surface area contributed by atoms with Gasteiger partial charge < -0.3 is 4.90 Å². The molecule has 1 aromatic carbocycles. The predicted octanol–water partition coefficient (Wildman–Crippen LogP) is 3.98. The minimum atomic E-state index is -0.157. The van der Waals surface area contributed by atoms with Crippen molar-refractivity contribution in [2.24, 2.45) is 0 Å². The molecule has 0 aliphatic carbocycles. The molecule has 0 saturated carbocycles. The van der Waals surface area contributed by atoms with Gasteiger partial charge in [-0.2, -0.15) is 0 Å². The van der Waals surface area contributed by atoms with Gasteiger partial charge in [0.25, 0.3) is 11.8 Å². The number of hydrogen-bond donors (Lipinski definition) is 0. The minimum Gasteiger partial charge on any atom is -0.304 e. The third kappa shape index (κ3) is 3.16. The molecule has 130 valence electrons. The summed E-state index contributed by atoms with van der Waals surface area (Å²) >= 11 is 6.63. The molecule has 1 aromatic rings. The topological polar surface area (TPSA) is 40.6 Å². The molecule has 1 fully saturated rings. The standard InChI is InChI=1S/C19H20N2O2S2/c1-3-5-8-12-21-18(23)16(25-19(21)24)15-13-9-6-7-10-14(13)20(11-4-2)17(15)22/h4,6-7,9-10H,2-3,5,8,11-12H2,1H3/b16-15-. The van der Waals surface area contributed by atoms with E-state index in [0.29, 0.717) is 27.9 Å². The number of nitrogens with zero attached hydrogens (tertiary/aromatic N) is 2. The first-order valence-electron chi connectivity index (χ1n) is 8.40. The SMILES string of the molecule is C=CCN1C(=O)/C(=C2\SC(=S)N(CCCCC)C2=O)c2ccccc21. The van der Waals surface area contributed by atoms with Gasteiger partial charge in [0.1, 0.15) is 4.32 Å². The Morgan fingerprint density at radius 1 is 1.16 bits per heavy atom. The van der Waals surface area contributed by atoms with Gasteiger partial charge in [-0.15, -0.1) is 6.58 Å². The average molecular weight is 373 g/mol. The number of thioether (sulfide) groups is 1. The number of carbonyl (C=O) groups is 2. The highest BCUT2D eigenvalue weighted by atomic mass is 32.2. The van der Waals surface area contributed by atoms with Crippen LogP contribution in [0.5, 0.6) is 0 Å². The Labute approximate surface area is 157 Å². The van der Waals surface area contributed by atoms with Crippen LogP contribution in [0, 0.1) is 0 Å². The quantitative estimate of drug-likeness (QED) is 0.328. The summed E-state index contributed by atoms with van der Waals surface area (Å²) < 4.78 is 0.538. The molecule has 0 bridgehead atoms. The van der Waals surface area contributed by atoms with E-state index in [4.69, 9.17) is 12.2 Å². The molecule has 0 spiro atoms. The Morgan fingerprint density at radius 2 is 1.92 bits per heavy atom. The Kier molecular flexibility index (Phi) is 5.39. The summed E-state index contributed by atoms with van der Waals surface area (Å²) in [6, 6.07) is 7.55. The highest BCUT2D eigenvalue weighted by Crippen LogP contribution is 2.44. The van der Waals surface area contributed by atoms with Crippen LogP contribution < -0.4 is 4.90 Å². The fraction of sp³-hybridized carbons (Fsp3) is 0.316. The fourth-order valence-electron chi connectivity index (χ4n) is 3.07. The summed E-state index contributed by atoms with van der Waals surface area (Å²) in [4.78, 5) is 29.6.